The number of rotatable bonds is 4. The second-order valence-corrected chi connectivity index (χ2v) is 6.89. The van der Waals surface area contributed by atoms with E-state index in [1.54, 1.807) is 25.2 Å². The minimum absolute atomic E-state index is 0.00171. The number of halogens is 1. The Morgan fingerprint density at radius 3 is 2.76 bits per heavy atom. The molecule has 8 nitrogen and oxygen atoms in total. The summed E-state index contributed by atoms with van der Waals surface area (Å²) in [5.74, 6) is -0.336. The lowest BCUT2D eigenvalue weighted by Gasteiger charge is -2.30. The molecule has 0 saturated carbocycles. The average Bonchev–Trinajstić information content (AvgIpc) is 3.21. The van der Waals surface area contributed by atoms with Crippen LogP contribution >= 0.6 is 0 Å². The maximum absolute atomic E-state index is 14.0. The maximum Gasteiger partial charge on any atom is 0.275 e. The highest BCUT2D eigenvalue weighted by molar-refractivity contribution is 5.91. The van der Waals surface area contributed by atoms with E-state index >= 15 is 0 Å². The molecule has 1 aromatic heterocycles. The molecule has 3 heterocycles. The molecule has 2 aliphatic rings. The standard InChI is InChI=1S/C16H24FN5O3/c1-20(2)16(24)14-10-21(19-18-14)9-13-7-12(17)8-22(13)15(23)11-3-5-25-6-4-11/h10-13H,3-9H2,1-2H3/t12-,13-/m0/s1. The fourth-order valence-electron chi connectivity index (χ4n) is 3.41. The topological polar surface area (TPSA) is 80.6 Å². The van der Waals surface area contributed by atoms with E-state index in [2.05, 4.69) is 10.3 Å². The number of hydrogen-bond donors (Lipinski definition) is 0. The highest BCUT2D eigenvalue weighted by atomic mass is 19.1. The molecule has 0 aliphatic carbocycles. The van der Waals surface area contributed by atoms with Crippen molar-refractivity contribution in [2.75, 3.05) is 33.9 Å². The molecule has 3 rings (SSSR count). The Balaban J connectivity index is 1.67. The van der Waals surface area contributed by atoms with Gasteiger partial charge in [0.25, 0.3) is 5.91 Å². The lowest BCUT2D eigenvalue weighted by molar-refractivity contribution is -0.139. The summed E-state index contributed by atoms with van der Waals surface area (Å²) < 4.78 is 20.8. The number of carbonyl (C=O) groups excluding carboxylic acids is 2. The van der Waals surface area contributed by atoms with Crippen LogP contribution in [0.5, 0.6) is 0 Å². The van der Waals surface area contributed by atoms with Gasteiger partial charge in [0.15, 0.2) is 5.69 Å². The zero-order chi connectivity index (χ0) is 18.0. The minimum atomic E-state index is -1.03. The molecule has 138 valence electrons. The number of aromatic nitrogens is 3. The Bertz CT molecular complexity index is 629. The molecule has 2 atom stereocenters. The van der Waals surface area contributed by atoms with Crippen LogP contribution in [0, 0.1) is 5.92 Å². The fraction of sp³-hybridized carbons (Fsp3) is 0.750. The normalized spacial score (nSPS) is 24.5. The Morgan fingerprint density at radius 2 is 2.08 bits per heavy atom. The number of ether oxygens (including phenoxy) is 1. The molecular weight excluding hydrogens is 329 g/mol. The number of amides is 2. The van der Waals surface area contributed by atoms with Crippen LogP contribution in [0.25, 0.3) is 0 Å². The Kier molecular flexibility index (Phi) is 5.31. The van der Waals surface area contributed by atoms with Crippen LogP contribution in [-0.4, -0.2) is 82.7 Å². The van der Waals surface area contributed by atoms with Gasteiger partial charge in [0.1, 0.15) is 6.17 Å². The molecule has 0 radical (unpaired) electrons. The molecule has 0 N–H and O–H groups in total. The molecule has 2 aliphatic heterocycles. The summed E-state index contributed by atoms with van der Waals surface area (Å²) in [6.07, 6.45) is 2.17. The van der Waals surface area contributed by atoms with Crippen molar-refractivity contribution in [3.63, 3.8) is 0 Å². The molecule has 0 unspecified atom stereocenters. The first-order valence-electron chi connectivity index (χ1n) is 8.59. The van der Waals surface area contributed by atoms with Gasteiger partial charge in [0.2, 0.25) is 5.91 Å². The van der Waals surface area contributed by atoms with E-state index in [0.29, 0.717) is 32.6 Å². The van der Waals surface area contributed by atoms with Gasteiger partial charge in [0.05, 0.1) is 25.3 Å². The summed E-state index contributed by atoms with van der Waals surface area (Å²) in [5, 5.41) is 7.82. The smallest absolute Gasteiger partial charge is 0.275 e. The number of likely N-dealkylation sites (tertiary alicyclic amines) is 1. The van der Waals surface area contributed by atoms with Crippen molar-refractivity contribution in [2.24, 2.45) is 5.92 Å². The van der Waals surface area contributed by atoms with Gasteiger partial charge in [0, 0.05) is 39.6 Å². The minimum Gasteiger partial charge on any atom is -0.381 e. The van der Waals surface area contributed by atoms with Crippen LogP contribution in [0.2, 0.25) is 0 Å². The molecule has 2 saturated heterocycles. The molecular formula is C16H24FN5O3. The van der Waals surface area contributed by atoms with Crippen molar-refractivity contribution in [1.82, 2.24) is 24.8 Å². The zero-order valence-corrected chi connectivity index (χ0v) is 14.6. The highest BCUT2D eigenvalue weighted by Gasteiger charge is 2.38. The second kappa shape index (κ2) is 7.47. The van der Waals surface area contributed by atoms with Gasteiger partial charge in [-0.25, -0.2) is 9.07 Å². The molecule has 1 aromatic rings. The molecule has 0 bridgehead atoms. The summed E-state index contributed by atoms with van der Waals surface area (Å²) in [7, 11) is 3.28. The predicted molar refractivity (Wildman–Crippen MR) is 86.6 cm³/mol. The molecule has 25 heavy (non-hydrogen) atoms. The third-order valence-corrected chi connectivity index (χ3v) is 4.78. The zero-order valence-electron chi connectivity index (χ0n) is 14.6. The Labute approximate surface area is 145 Å². The van der Waals surface area contributed by atoms with Gasteiger partial charge in [-0.3, -0.25) is 9.59 Å². The van der Waals surface area contributed by atoms with Crippen molar-refractivity contribution in [3.05, 3.63) is 11.9 Å². The van der Waals surface area contributed by atoms with Crippen LogP contribution in [0.3, 0.4) is 0 Å². The summed E-state index contributed by atoms with van der Waals surface area (Å²) >= 11 is 0. The highest BCUT2D eigenvalue weighted by Crippen LogP contribution is 2.27. The third-order valence-electron chi connectivity index (χ3n) is 4.78. The van der Waals surface area contributed by atoms with Crippen molar-refractivity contribution < 1.29 is 18.7 Å². The van der Waals surface area contributed by atoms with Crippen molar-refractivity contribution >= 4 is 11.8 Å². The van der Waals surface area contributed by atoms with E-state index in [4.69, 9.17) is 4.74 Å². The van der Waals surface area contributed by atoms with E-state index in [1.165, 1.54) is 9.58 Å². The first kappa shape index (κ1) is 17.8. The van der Waals surface area contributed by atoms with E-state index < -0.39 is 6.17 Å². The van der Waals surface area contributed by atoms with E-state index in [1.807, 2.05) is 0 Å². The Hall–Kier alpha value is -2.03. The lowest BCUT2D eigenvalue weighted by atomic mass is 9.98. The van der Waals surface area contributed by atoms with Crippen molar-refractivity contribution in [3.8, 4) is 0 Å². The number of alkyl halides is 1. The van der Waals surface area contributed by atoms with Crippen LogP contribution in [0.4, 0.5) is 4.39 Å². The molecule has 0 spiro atoms. The Morgan fingerprint density at radius 1 is 1.36 bits per heavy atom. The molecule has 9 heteroatoms. The predicted octanol–water partition coefficient (Wildman–Crippen LogP) is 0.346. The van der Waals surface area contributed by atoms with E-state index in [9.17, 15) is 14.0 Å². The average molecular weight is 353 g/mol. The summed E-state index contributed by atoms with van der Waals surface area (Å²) in [6.45, 7) is 1.61. The first-order valence-corrected chi connectivity index (χ1v) is 8.59. The van der Waals surface area contributed by atoms with Gasteiger partial charge >= 0.3 is 0 Å². The SMILES string of the molecule is CN(C)C(=O)c1cn(C[C@@H]2C[C@H](F)CN2C(=O)C2CCOCC2)nn1. The molecule has 0 aromatic carbocycles. The first-order chi connectivity index (χ1) is 12.0. The van der Waals surface area contributed by atoms with Crippen LogP contribution in [0.15, 0.2) is 6.20 Å². The summed E-state index contributed by atoms with van der Waals surface area (Å²) in [5.41, 5.74) is 0.238. The van der Waals surface area contributed by atoms with Crippen LogP contribution in [-0.2, 0) is 16.1 Å². The van der Waals surface area contributed by atoms with E-state index in [0.717, 1.165) is 0 Å². The third kappa shape index (κ3) is 3.97. The van der Waals surface area contributed by atoms with E-state index in [-0.39, 0.29) is 42.4 Å². The fourth-order valence-corrected chi connectivity index (χ4v) is 3.41. The van der Waals surface area contributed by atoms with Gasteiger partial charge in [-0.05, 0) is 12.8 Å². The van der Waals surface area contributed by atoms with Gasteiger partial charge < -0.3 is 14.5 Å². The molecule has 2 fully saturated rings. The van der Waals surface area contributed by atoms with Gasteiger partial charge in [-0.1, -0.05) is 5.21 Å². The quantitative estimate of drug-likeness (QED) is 0.780. The van der Waals surface area contributed by atoms with Crippen molar-refractivity contribution in [1.29, 1.82) is 0 Å². The largest absolute Gasteiger partial charge is 0.381 e. The van der Waals surface area contributed by atoms with Crippen LogP contribution < -0.4 is 0 Å². The number of hydrogen-bond acceptors (Lipinski definition) is 5. The molecule has 2 amide bonds. The second-order valence-electron chi connectivity index (χ2n) is 6.89. The maximum atomic E-state index is 14.0. The monoisotopic (exact) mass is 353 g/mol. The van der Waals surface area contributed by atoms with Gasteiger partial charge in [-0.15, -0.1) is 5.10 Å². The van der Waals surface area contributed by atoms with Crippen molar-refractivity contribution in [2.45, 2.75) is 38.0 Å². The number of nitrogens with zero attached hydrogens (tertiary/aromatic N) is 5. The number of carbonyl (C=O) groups is 2. The lowest BCUT2D eigenvalue weighted by Crippen LogP contribution is -2.43. The summed E-state index contributed by atoms with van der Waals surface area (Å²) in [4.78, 5) is 27.7. The summed E-state index contributed by atoms with van der Waals surface area (Å²) in [6, 6.07) is -0.269. The van der Waals surface area contributed by atoms with Gasteiger partial charge in [-0.2, -0.15) is 0 Å². The van der Waals surface area contributed by atoms with Crippen LogP contribution in [0.1, 0.15) is 29.8 Å².